The van der Waals surface area contributed by atoms with Crippen molar-refractivity contribution < 1.29 is 4.79 Å². The lowest BCUT2D eigenvalue weighted by Gasteiger charge is -2.10. The van der Waals surface area contributed by atoms with Gasteiger partial charge < -0.3 is 0 Å². The Kier molecular flexibility index (Phi) is 4.76. The summed E-state index contributed by atoms with van der Waals surface area (Å²) in [5, 5.41) is 0.547. The molecule has 0 fully saturated rings. The van der Waals surface area contributed by atoms with Crippen LogP contribution in [0.4, 0.5) is 0 Å². The van der Waals surface area contributed by atoms with Gasteiger partial charge in [0.15, 0.2) is 5.78 Å². The van der Waals surface area contributed by atoms with Gasteiger partial charge in [0.05, 0.1) is 5.69 Å². The number of hydrogen-bond donors (Lipinski definition) is 0. The van der Waals surface area contributed by atoms with E-state index in [-0.39, 0.29) is 16.9 Å². The molecule has 0 aliphatic heterocycles. The summed E-state index contributed by atoms with van der Waals surface area (Å²) >= 11 is 5.88. The first-order valence-corrected chi connectivity index (χ1v) is 8.30. The second-order valence-corrected chi connectivity index (χ2v) is 6.04. The average Bonchev–Trinajstić information content (AvgIpc) is 2.60. The molecule has 2 heterocycles. The maximum atomic E-state index is 12.9. The molecule has 3 aromatic rings. The Hall–Kier alpha value is -2.46. The van der Waals surface area contributed by atoms with Gasteiger partial charge in [-0.2, -0.15) is 0 Å². The number of benzene rings is 1. The topological polar surface area (TPSA) is 51.4 Å². The molecule has 0 saturated heterocycles. The Bertz CT molecular complexity index is 946. The van der Waals surface area contributed by atoms with Crippen LogP contribution in [0.1, 0.15) is 41.4 Å². The van der Waals surface area contributed by atoms with E-state index in [0.717, 1.165) is 12.8 Å². The van der Waals surface area contributed by atoms with Crippen molar-refractivity contribution in [3.63, 3.8) is 0 Å². The number of hydrogen-bond acceptors (Lipinski definition) is 3. The van der Waals surface area contributed by atoms with Crippen molar-refractivity contribution in [2.75, 3.05) is 0 Å². The lowest BCUT2D eigenvalue weighted by molar-refractivity contribution is 0.103. The largest absolute Gasteiger partial charge is 0.288 e. The van der Waals surface area contributed by atoms with E-state index < -0.39 is 0 Å². The molecule has 5 heteroatoms. The van der Waals surface area contributed by atoms with Crippen molar-refractivity contribution in [3.05, 3.63) is 80.9 Å². The third-order valence-corrected chi connectivity index (χ3v) is 4.16. The first-order valence-electron chi connectivity index (χ1n) is 7.92. The van der Waals surface area contributed by atoms with Crippen LogP contribution in [0.25, 0.3) is 5.65 Å². The van der Waals surface area contributed by atoms with Crippen molar-refractivity contribution in [3.8, 4) is 0 Å². The van der Waals surface area contributed by atoms with Crippen molar-refractivity contribution in [1.82, 2.24) is 9.38 Å². The van der Waals surface area contributed by atoms with E-state index in [4.69, 9.17) is 11.6 Å². The Balaban J connectivity index is 2.20. The zero-order valence-electron chi connectivity index (χ0n) is 13.3. The fourth-order valence-corrected chi connectivity index (χ4v) is 2.76. The Morgan fingerprint density at radius 1 is 1.17 bits per heavy atom. The van der Waals surface area contributed by atoms with Gasteiger partial charge in [-0.3, -0.25) is 14.0 Å². The fourth-order valence-electron chi connectivity index (χ4n) is 2.63. The van der Waals surface area contributed by atoms with Gasteiger partial charge in [-0.1, -0.05) is 31.0 Å². The van der Waals surface area contributed by atoms with Crippen molar-refractivity contribution in [2.24, 2.45) is 0 Å². The van der Waals surface area contributed by atoms with Gasteiger partial charge in [0.1, 0.15) is 11.2 Å². The molecule has 0 saturated carbocycles. The monoisotopic (exact) mass is 340 g/mol. The van der Waals surface area contributed by atoms with E-state index in [1.165, 1.54) is 4.40 Å². The Morgan fingerprint density at radius 2 is 1.92 bits per heavy atom. The third kappa shape index (κ3) is 3.10. The summed E-state index contributed by atoms with van der Waals surface area (Å²) in [6.07, 6.45) is 4.07. The highest BCUT2D eigenvalue weighted by molar-refractivity contribution is 6.30. The molecule has 4 nitrogen and oxygen atoms in total. The molecule has 0 N–H and O–H groups in total. The van der Waals surface area contributed by atoms with E-state index in [1.807, 2.05) is 6.07 Å². The van der Waals surface area contributed by atoms with Gasteiger partial charge in [0.25, 0.3) is 5.56 Å². The molecule has 2 aromatic heterocycles. The summed E-state index contributed by atoms with van der Waals surface area (Å²) in [5.41, 5.74) is 1.38. The summed E-state index contributed by atoms with van der Waals surface area (Å²) in [4.78, 5) is 30.3. The molecule has 0 unspecified atom stereocenters. The predicted molar refractivity (Wildman–Crippen MR) is 95.0 cm³/mol. The molecule has 3 rings (SSSR count). The summed E-state index contributed by atoms with van der Waals surface area (Å²) in [7, 11) is 0. The molecule has 1 aromatic carbocycles. The summed E-state index contributed by atoms with van der Waals surface area (Å²) < 4.78 is 1.42. The molecule has 0 radical (unpaired) electrons. The second-order valence-electron chi connectivity index (χ2n) is 5.61. The lowest BCUT2D eigenvalue weighted by atomic mass is 10.0. The van der Waals surface area contributed by atoms with Crippen LogP contribution in [0.2, 0.25) is 5.02 Å². The number of ketones is 1. The molecule has 0 bridgehead atoms. The van der Waals surface area contributed by atoms with Crippen LogP contribution in [0.3, 0.4) is 0 Å². The highest BCUT2D eigenvalue weighted by Crippen LogP contribution is 2.16. The molecule has 0 amide bonds. The highest BCUT2D eigenvalue weighted by Gasteiger charge is 2.20. The van der Waals surface area contributed by atoms with Crippen LogP contribution in [0.5, 0.6) is 0 Å². The van der Waals surface area contributed by atoms with Crippen LogP contribution in [-0.2, 0) is 6.42 Å². The fraction of sp³-hybridized carbons (Fsp3) is 0.211. The number of carbonyl (C=O) groups excluding carboxylic acids is 1. The van der Waals surface area contributed by atoms with E-state index >= 15 is 0 Å². The second kappa shape index (κ2) is 6.97. The highest BCUT2D eigenvalue weighted by atomic mass is 35.5. The number of carbonyl (C=O) groups is 1. The lowest BCUT2D eigenvalue weighted by Crippen LogP contribution is -2.26. The minimum absolute atomic E-state index is 0.148. The normalized spacial score (nSPS) is 10.9. The van der Waals surface area contributed by atoms with Gasteiger partial charge in [-0.05, 0) is 49.2 Å². The van der Waals surface area contributed by atoms with Crippen molar-refractivity contribution in [2.45, 2.75) is 26.2 Å². The van der Waals surface area contributed by atoms with E-state index in [1.54, 1.807) is 42.6 Å². The van der Waals surface area contributed by atoms with Crippen LogP contribution in [0.15, 0.2) is 53.5 Å². The molecular formula is C19H17ClN2O2. The molecule has 0 aliphatic carbocycles. The average molecular weight is 341 g/mol. The van der Waals surface area contributed by atoms with Crippen LogP contribution < -0.4 is 5.56 Å². The predicted octanol–water partition coefficient (Wildman–Crippen LogP) is 3.92. The standard InChI is InChI=1S/C19H17ClN2O2/c1-2-3-6-15-17(18(23)13-8-10-14(20)11-9-13)19(24)22-12-5-4-7-16(22)21-15/h4-5,7-12H,2-3,6H2,1H3. The summed E-state index contributed by atoms with van der Waals surface area (Å²) in [6.45, 7) is 2.06. The van der Waals surface area contributed by atoms with Crippen molar-refractivity contribution in [1.29, 1.82) is 0 Å². The minimum atomic E-state index is -0.327. The van der Waals surface area contributed by atoms with Gasteiger partial charge in [0, 0.05) is 16.8 Å². The zero-order valence-corrected chi connectivity index (χ0v) is 14.1. The number of unbranched alkanes of at least 4 members (excludes halogenated alkanes) is 1. The van der Waals surface area contributed by atoms with Gasteiger partial charge in [0.2, 0.25) is 0 Å². The van der Waals surface area contributed by atoms with Crippen molar-refractivity contribution >= 4 is 23.0 Å². The zero-order chi connectivity index (χ0) is 17.1. The summed E-state index contributed by atoms with van der Waals surface area (Å²) in [5.74, 6) is -0.312. The molecular weight excluding hydrogens is 324 g/mol. The molecule has 0 atom stereocenters. The quantitative estimate of drug-likeness (QED) is 0.661. The maximum Gasteiger partial charge on any atom is 0.269 e. The number of pyridine rings is 1. The molecule has 122 valence electrons. The van der Waals surface area contributed by atoms with E-state index in [9.17, 15) is 9.59 Å². The Labute approximate surface area is 144 Å². The molecule has 24 heavy (non-hydrogen) atoms. The van der Waals surface area contributed by atoms with E-state index in [2.05, 4.69) is 11.9 Å². The first kappa shape index (κ1) is 16.4. The number of aryl methyl sites for hydroxylation is 1. The number of aromatic nitrogens is 2. The van der Waals surface area contributed by atoms with Gasteiger partial charge in [-0.15, -0.1) is 0 Å². The molecule has 0 spiro atoms. The van der Waals surface area contributed by atoms with Crippen LogP contribution in [-0.4, -0.2) is 15.2 Å². The number of rotatable bonds is 5. The van der Waals surface area contributed by atoms with Gasteiger partial charge in [-0.25, -0.2) is 4.98 Å². The number of fused-ring (bicyclic) bond motifs is 1. The number of nitrogens with zero attached hydrogens (tertiary/aromatic N) is 2. The SMILES string of the molecule is CCCCc1nc2ccccn2c(=O)c1C(=O)c1ccc(Cl)cc1. The maximum absolute atomic E-state index is 12.9. The minimum Gasteiger partial charge on any atom is -0.288 e. The van der Waals surface area contributed by atoms with E-state index in [0.29, 0.717) is 28.3 Å². The third-order valence-electron chi connectivity index (χ3n) is 3.91. The molecule has 0 aliphatic rings. The number of halogens is 1. The van der Waals surface area contributed by atoms with Gasteiger partial charge >= 0.3 is 0 Å². The smallest absolute Gasteiger partial charge is 0.269 e. The first-order chi connectivity index (χ1) is 11.6. The Morgan fingerprint density at radius 3 is 2.62 bits per heavy atom. The van der Waals surface area contributed by atoms with Crippen LogP contribution >= 0.6 is 11.6 Å². The summed E-state index contributed by atoms with van der Waals surface area (Å²) in [6, 6.07) is 11.9. The van der Waals surface area contributed by atoms with Crippen LogP contribution in [0, 0.1) is 0 Å².